The van der Waals surface area contributed by atoms with E-state index in [9.17, 15) is 13.2 Å². The molecule has 20 heavy (non-hydrogen) atoms. The molecule has 1 aromatic heterocycles. The molecule has 1 aliphatic carbocycles. The minimum Gasteiger partial charge on any atom is -0.478 e. The van der Waals surface area contributed by atoms with Crippen LogP contribution in [0.2, 0.25) is 0 Å². The summed E-state index contributed by atoms with van der Waals surface area (Å²) in [5.41, 5.74) is 0.219. The molecule has 1 heterocycles. The Morgan fingerprint density at radius 1 is 1.35 bits per heavy atom. The fraction of sp³-hybridized carbons (Fsp3) is 0.615. The largest absolute Gasteiger partial charge is 0.478 e. The molecule has 0 saturated heterocycles. The van der Waals surface area contributed by atoms with Crippen molar-refractivity contribution < 1.29 is 18.3 Å². The molecule has 0 spiro atoms. The fourth-order valence-corrected chi connectivity index (χ4v) is 4.92. The highest BCUT2D eigenvalue weighted by atomic mass is 32.2. The molecular formula is C13H19NO4S2. The van der Waals surface area contributed by atoms with Crippen LogP contribution in [-0.2, 0) is 10.0 Å². The number of aromatic carboxylic acids is 1. The Morgan fingerprint density at radius 3 is 2.30 bits per heavy atom. The normalized spacial score (nSPS) is 20.8. The van der Waals surface area contributed by atoms with Crippen molar-refractivity contribution >= 4 is 27.3 Å². The van der Waals surface area contributed by atoms with E-state index in [2.05, 4.69) is 32.4 Å². The van der Waals surface area contributed by atoms with Gasteiger partial charge in [-0.25, -0.2) is 17.9 Å². The third kappa shape index (κ3) is 2.38. The highest BCUT2D eigenvalue weighted by Crippen LogP contribution is 2.67. The van der Waals surface area contributed by atoms with Gasteiger partial charge in [-0.15, -0.1) is 11.3 Å². The molecule has 112 valence electrons. The van der Waals surface area contributed by atoms with Crippen LogP contribution >= 0.6 is 11.3 Å². The van der Waals surface area contributed by atoms with Crippen molar-refractivity contribution in [2.24, 2.45) is 16.7 Å². The van der Waals surface area contributed by atoms with Crippen LogP contribution in [0.25, 0.3) is 0 Å². The van der Waals surface area contributed by atoms with Gasteiger partial charge in [0.25, 0.3) is 0 Å². The molecule has 5 nitrogen and oxygen atoms in total. The molecule has 0 unspecified atom stereocenters. The van der Waals surface area contributed by atoms with Crippen LogP contribution in [0.1, 0.15) is 38.1 Å². The van der Waals surface area contributed by atoms with E-state index in [4.69, 9.17) is 5.11 Å². The van der Waals surface area contributed by atoms with E-state index in [0.717, 1.165) is 11.3 Å². The quantitative estimate of drug-likeness (QED) is 0.873. The van der Waals surface area contributed by atoms with Crippen LogP contribution in [0.15, 0.2) is 15.7 Å². The van der Waals surface area contributed by atoms with Gasteiger partial charge >= 0.3 is 5.97 Å². The van der Waals surface area contributed by atoms with E-state index >= 15 is 0 Å². The average Bonchev–Trinajstić information content (AvgIpc) is 2.73. The predicted octanol–water partition coefficient (Wildman–Crippen LogP) is 2.41. The van der Waals surface area contributed by atoms with Crippen LogP contribution < -0.4 is 4.72 Å². The monoisotopic (exact) mass is 317 g/mol. The van der Waals surface area contributed by atoms with Crippen molar-refractivity contribution in [3.8, 4) is 0 Å². The van der Waals surface area contributed by atoms with Gasteiger partial charge < -0.3 is 5.11 Å². The lowest BCUT2D eigenvalue weighted by Crippen LogP contribution is -2.26. The van der Waals surface area contributed by atoms with E-state index in [1.165, 1.54) is 11.4 Å². The zero-order valence-corrected chi connectivity index (χ0v) is 13.6. The molecule has 1 aliphatic rings. The smallest absolute Gasteiger partial charge is 0.336 e. The minimum atomic E-state index is -3.62. The highest BCUT2D eigenvalue weighted by molar-refractivity contribution is 7.91. The Balaban J connectivity index is 2.07. The molecule has 0 amide bonds. The molecule has 2 rings (SSSR count). The molecular weight excluding hydrogens is 298 g/mol. The summed E-state index contributed by atoms with van der Waals surface area (Å²) in [6, 6.07) is 1.19. The molecule has 0 radical (unpaired) electrons. The zero-order chi connectivity index (χ0) is 15.3. The second-order valence-corrected chi connectivity index (χ2v) is 9.21. The van der Waals surface area contributed by atoms with Gasteiger partial charge in [-0.05, 0) is 22.8 Å². The van der Waals surface area contributed by atoms with Crippen LogP contribution in [0, 0.1) is 16.7 Å². The number of carbonyl (C=O) groups is 1. The van der Waals surface area contributed by atoms with Crippen molar-refractivity contribution in [1.29, 1.82) is 0 Å². The first-order chi connectivity index (χ1) is 9.00. The van der Waals surface area contributed by atoms with E-state index in [1.807, 2.05) is 0 Å². The Bertz CT molecular complexity index is 629. The molecule has 0 aliphatic heterocycles. The summed E-state index contributed by atoms with van der Waals surface area (Å²) in [6.45, 7) is 8.88. The first-order valence-corrected chi connectivity index (χ1v) is 8.68. The van der Waals surface area contributed by atoms with Crippen LogP contribution in [0.3, 0.4) is 0 Å². The van der Waals surface area contributed by atoms with Gasteiger partial charge in [-0.1, -0.05) is 27.7 Å². The maximum Gasteiger partial charge on any atom is 0.336 e. The molecule has 2 N–H and O–H groups in total. The van der Waals surface area contributed by atoms with Gasteiger partial charge in [0.05, 0.1) is 5.56 Å². The Kier molecular flexibility index (Phi) is 3.51. The van der Waals surface area contributed by atoms with Crippen molar-refractivity contribution in [1.82, 2.24) is 4.72 Å². The minimum absolute atomic E-state index is 0.00227. The fourth-order valence-electron chi connectivity index (χ4n) is 2.68. The van der Waals surface area contributed by atoms with Crippen molar-refractivity contribution in [3.63, 3.8) is 0 Å². The van der Waals surface area contributed by atoms with Crippen molar-refractivity contribution in [3.05, 3.63) is 17.0 Å². The van der Waals surface area contributed by atoms with Gasteiger partial charge in [0.15, 0.2) is 0 Å². The maximum atomic E-state index is 12.1. The molecule has 0 bridgehead atoms. The summed E-state index contributed by atoms with van der Waals surface area (Å²) >= 11 is 0.925. The van der Waals surface area contributed by atoms with E-state index in [0.29, 0.717) is 6.54 Å². The second kappa shape index (κ2) is 4.54. The molecule has 0 aromatic carbocycles. The standard InChI is InChI=1S/C13H19NO4S2/c1-12(2)9(13(12,3)4)6-14-20(17,18)10-5-8(7-19-10)11(15)16/h5,7,9,14H,6H2,1-4H3,(H,15,16). The van der Waals surface area contributed by atoms with E-state index in [-0.39, 0.29) is 26.5 Å². The average molecular weight is 317 g/mol. The molecule has 1 saturated carbocycles. The first kappa shape index (κ1) is 15.5. The maximum absolute atomic E-state index is 12.1. The molecule has 1 aromatic rings. The number of thiophene rings is 1. The Morgan fingerprint density at radius 2 is 1.90 bits per heavy atom. The summed E-state index contributed by atoms with van der Waals surface area (Å²) < 4.78 is 26.9. The number of rotatable bonds is 5. The third-order valence-corrected chi connectivity index (χ3v) is 7.75. The number of carboxylic acid groups (broad SMARTS) is 1. The van der Waals surface area contributed by atoms with Crippen LogP contribution in [0.4, 0.5) is 0 Å². The van der Waals surface area contributed by atoms with E-state index < -0.39 is 16.0 Å². The Hall–Kier alpha value is -0.920. The molecule has 7 heteroatoms. The lowest BCUT2D eigenvalue weighted by molar-refractivity contribution is 0.0697. The van der Waals surface area contributed by atoms with Gasteiger partial charge in [0.2, 0.25) is 10.0 Å². The summed E-state index contributed by atoms with van der Waals surface area (Å²) in [4.78, 5) is 10.8. The number of nitrogens with one attached hydrogen (secondary N) is 1. The summed E-state index contributed by atoms with van der Waals surface area (Å²) in [5, 5.41) is 10.2. The first-order valence-electron chi connectivity index (χ1n) is 6.31. The molecule has 0 atom stereocenters. The molecule has 1 fully saturated rings. The highest BCUT2D eigenvalue weighted by Gasteiger charge is 2.64. The topological polar surface area (TPSA) is 83.5 Å². The van der Waals surface area contributed by atoms with Crippen LogP contribution in [0.5, 0.6) is 0 Å². The van der Waals surface area contributed by atoms with Gasteiger partial charge in [0, 0.05) is 11.9 Å². The number of hydrogen-bond acceptors (Lipinski definition) is 4. The SMILES string of the molecule is CC1(C)C(CNS(=O)(=O)c2cc(C(=O)O)cs2)C1(C)C. The van der Waals surface area contributed by atoms with E-state index in [1.54, 1.807) is 0 Å². The third-order valence-electron chi connectivity index (χ3n) is 4.88. The number of hydrogen-bond donors (Lipinski definition) is 2. The zero-order valence-electron chi connectivity index (χ0n) is 11.9. The summed E-state index contributed by atoms with van der Waals surface area (Å²) in [6.07, 6.45) is 0. The van der Waals surface area contributed by atoms with Crippen molar-refractivity contribution in [2.45, 2.75) is 31.9 Å². The second-order valence-electron chi connectivity index (χ2n) is 6.31. The lowest BCUT2D eigenvalue weighted by Gasteiger charge is -2.05. The van der Waals surface area contributed by atoms with Gasteiger partial charge in [0.1, 0.15) is 4.21 Å². The Labute approximate surface area is 123 Å². The summed E-state index contributed by atoms with van der Waals surface area (Å²) in [5.74, 6) is -0.837. The predicted molar refractivity (Wildman–Crippen MR) is 77.5 cm³/mol. The van der Waals surface area contributed by atoms with Gasteiger partial charge in [-0.3, -0.25) is 0 Å². The van der Waals surface area contributed by atoms with Crippen molar-refractivity contribution in [2.75, 3.05) is 6.54 Å². The van der Waals surface area contributed by atoms with Crippen LogP contribution in [-0.4, -0.2) is 26.0 Å². The number of carboxylic acids is 1. The number of sulfonamides is 1. The van der Waals surface area contributed by atoms with Gasteiger partial charge in [-0.2, -0.15) is 0 Å². The lowest BCUT2D eigenvalue weighted by atomic mass is 10.0. The summed E-state index contributed by atoms with van der Waals surface area (Å²) in [7, 11) is -3.62.